The standard InChI is InChI=1S/C16H12BrFN2O/c17-13-8-4-9-14(18)15(13)16(21)20(11-5-10-19)12-6-2-1-3-7-12/h1-4,6-9H,5,11H2. The minimum atomic E-state index is -0.590. The molecule has 0 aliphatic carbocycles. The van der Waals surface area contributed by atoms with Crippen molar-refractivity contribution in [2.45, 2.75) is 6.42 Å². The lowest BCUT2D eigenvalue weighted by Crippen LogP contribution is -2.32. The van der Waals surface area contributed by atoms with E-state index in [0.717, 1.165) is 0 Å². The minimum Gasteiger partial charge on any atom is -0.307 e. The normalized spacial score (nSPS) is 9.95. The quantitative estimate of drug-likeness (QED) is 0.834. The van der Waals surface area contributed by atoms with Crippen LogP contribution in [0, 0.1) is 17.1 Å². The number of nitriles is 1. The summed E-state index contributed by atoms with van der Waals surface area (Å²) >= 11 is 3.20. The molecule has 0 atom stereocenters. The highest BCUT2D eigenvalue weighted by atomic mass is 79.9. The Balaban J connectivity index is 2.42. The van der Waals surface area contributed by atoms with Crippen molar-refractivity contribution < 1.29 is 9.18 Å². The number of hydrogen-bond acceptors (Lipinski definition) is 2. The fraction of sp³-hybridized carbons (Fsp3) is 0.125. The Hall–Kier alpha value is -2.19. The first-order valence-electron chi connectivity index (χ1n) is 6.33. The van der Waals surface area contributed by atoms with Crippen molar-refractivity contribution in [2.24, 2.45) is 0 Å². The van der Waals surface area contributed by atoms with Gasteiger partial charge in [-0.2, -0.15) is 5.26 Å². The highest BCUT2D eigenvalue weighted by Gasteiger charge is 2.22. The van der Waals surface area contributed by atoms with Gasteiger partial charge in [0.2, 0.25) is 0 Å². The monoisotopic (exact) mass is 346 g/mol. The molecule has 0 spiro atoms. The van der Waals surface area contributed by atoms with E-state index >= 15 is 0 Å². The lowest BCUT2D eigenvalue weighted by molar-refractivity contribution is 0.0983. The molecule has 1 amide bonds. The predicted molar refractivity (Wildman–Crippen MR) is 82.4 cm³/mol. The molecule has 0 unspecified atom stereocenters. The molecule has 21 heavy (non-hydrogen) atoms. The van der Waals surface area contributed by atoms with Crippen molar-refractivity contribution in [2.75, 3.05) is 11.4 Å². The van der Waals surface area contributed by atoms with Crippen LogP contribution in [-0.4, -0.2) is 12.5 Å². The van der Waals surface area contributed by atoms with Gasteiger partial charge in [-0.1, -0.05) is 24.3 Å². The molecule has 0 aliphatic heterocycles. The van der Waals surface area contributed by atoms with Gasteiger partial charge in [0.1, 0.15) is 5.82 Å². The number of carbonyl (C=O) groups is 1. The molecule has 5 heteroatoms. The molecule has 2 aromatic carbocycles. The summed E-state index contributed by atoms with van der Waals surface area (Å²) < 4.78 is 14.4. The van der Waals surface area contributed by atoms with Crippen LogP contribution >= 0.6 is 15.9 Å². The summed E-state index contributed by atoms with van der Waals surface area (Å²) in [4.78, 5) is 14.0. The van der Waals surface area contributed by atoms with Crippen LogP contribution in [-0.2, 0) is 0 Å². The fourth-order valence-corrected chi connectivity index (χ4v) is 2.47. The molecule has 0 N–H and O–H groups in total. The van der Waals surface area contributed by atoms with Crippen LogP contribution in [0.25, 0.3) is 0 Å². The van der Waals surface area contributed by atoms with Crippen molar-refractivity contribution in [1.29, 1.82) is 5.26 Å². The van der Waals surface area contributed by atoms with Gasteiger partial charge in [0.05, 0.1) is 18.1 Å². The van der Waals surface area contributed by atoms with Crippen molar-refractivity contribution in [3.8, 4) is 6.07 Å². The Kier molecular flexibility index (Phi) is 5.07. The number of para-hydroxylation sites is 1. The third-order valence-corrected chi connectivity index (χ3v) is 3.60. The smallest absolute Gasteiger partial charge is 0.262 e. The Labute approximate surface area is 130 Å². The highest BCUT2D eigenvalue weighted by molar-refractivity contribution is 9.10. The highest BCUT2D eigenvalue weighted by Crippen LogP contribution is 2.24. The molecule has 0 aromatic heterocycles. The van der Waals surface area contributed by atoms with Crippen LogP contribution in [0.3, 0.4) is 0 Å². The molecular weight excluding hydrogens is 335 g/mol. The van der Waals surface area contributed by atoms with Crippen molar-refractivity contribution >= 4 is 27.5 Å². The Morgan fingerprint density at radius 3 is 2.52 bits per heavy atom. The number of anilines is 1. The summed E-state index contributed by atoms with van der Waals surface area (Å²) in [6.07, 6.45) is 0.173. The molecule has 3 nitrogen and oxygen atoms in total. The second-order valence-corrected chi connectivity index (χ2v) is 5.15. The van der Waals surface area contributed by atoms with Crippen molar-refractivity contribution in [3.63, 3.8) is 0 Å². The Morgan fingerprint density at radius 1 is 1.19 bits per heavy atom. The van der Waals surface area contributed by atoms with Gasteiger partial charge >= 0.3 is 0 Å². The van der Waals surface area contributed by atoms with E-state index in [1.54, 1.807) is 30.3 Å². The van der Waals surface area contributed by atoms with E-state index in [0.29, 0.717) is 10.2 Å². The average Bonchev–Trinajstić information content (AvgIpc) is 2.48. The predicted octanol–water partition coefficient (Wildman–Crippen LogP) is 4.15. The third-order valence-electron chi connectivity index (χ3n) is 2.94. The van der Waals surface area contributed by atoms with Gasteiger partial charge < -0.3 is 4.90 Å². The Morgan fingerprint density at radius 2 is 1.90 bits per heavy atom. The van der Waals surface area contributed by atoms with Gasteiger partial charge in [0, 0.05) is 16.7 Å². The number of carbonyl (C=O) groups excluding carboxylic acids is 1. The third kappa shape index (κ3) is 3.47. The van der Waals surface area contributed by atoms with Crippen LogP contribution in [0.15, 0.2) is 53.0 Å². The lowest BCUT2D eigenvalue weighted by atomic mass is 10.1. The van der Waals surface area contributed by atoms with Crippen molar-refractivity contribution in [3.05, 3.63) is 64.4 Å². The number of hydrogen-bond donors (Lipinski definition) is 0. The maximum absolute atomic E-state index is 14.0. The topological polar surface area (TPSA) is 44.1 Å². The zero-order valence-corrected chi connectivity index (χ0v) is 12.7. The number of halogens is 2. The van der Waals surface area contributed by atoms with Crippen molar-refractivity contribution in [1.82, 2.24) is 0 Å². The number of nitrogens with zero attached hydrogens (tertiary/aromatic N) is 2. The molecular formula is C16H12BrFN2O. The van der Waals surface area contributed by atoms with Crippen LogP contribution < -0.4 is 4.90 Å². The van der Waals surface area contributed by atoms with E-state index in [-0.39, 0.29) is 18.5 Å². The molecule has 2 rings (SSSR count). The fourth-order valence-electron chi connectivity index (χ4n) is 1.95. The second kappa shape index (κ2) is 7.00. The van der Waals surface area contributed by atoms with E-state index in [2.05, 4.69) is 15.9 Å². The summed E-state index contributed by atoms with van der Waals surface area (Å²) in [6.45, 7) is 0.208. The molecule has 0 saturated carbocycles. The lowest BCUT2D eigenvalue weighted by Gasteiger charge is -2.22. The first kappa shape index (κ1) is 15.2. The van der Waals surface area contributed by atoms with Crippen LogP contribution in [0.2, 0.25) is 0 Å². The number of amides is 1. The van der Waals surface area contributed by atoms with Gasteiger partial charge in [-0.3, -0.25) is 4.79 Å². The number of benzene rings is 2. The maximum atomic E-state index is 14.0. The van der Waals surface area contributed by atoms with E-state index in [1.807, 2.05) is 12.1 Å². The van der Waals surface area contributed by atoms with E-state index in [4.69, 9.17) is 5.26 Å². The van der Waals surface area contributed by atoms with Gasteiger partial charge in [-0.15, -0.1) is 0 Å². The molecule has 0 radical (unpaired) electrons. The molecule has 0 heterocycles. The zero-order chi connectivity index (χ0) is 15.2. The zero-order valence-electron chi connectivity index (χ0n) is 11.1. The maximum Gasteiger partial charge on any atom is 0.262 e. The van der Waals surface area contributed by atoms with E-state index < -0.39 is 11.7 Å². The second-order valence-electron chi connectivity index (χ2n) is 4.30. The summed E-state index contributed by atoms with van der Waals surface area (Å²) in [5, 5.41) is 8.75. The summed E-state index contributed by atoms with van der Waals surface area (Å²) in [7, 11) is 0. The number of rotatable bonds is 4. The van der Waals surface area contributed by atoms with Gasteiger partial charge in [0.15, 0.2) is 0 Å². The molecule has 0 bridgehead atoms. The van der Waals surface area contributed by atoms with Gasteiger partial charge in [0.25, 0.3) is 5.91 Å². The van der Waals surface area contributed by atoms with E-state index in [1.165, 1.54) is 17.0 Å². The molecule has 2 aromatic rings. The first-order valence-corrected chi connectivity index (χ1v) is 7.12. The van der Waals surface area contributed by atoms with Crippen LogP contribution in [0.4, 0.5) is 10.1 Å². The van der Waals surface area contributed by atoms with Crippen LogP contribution in [0.1, 0.15) is 16.8 Å². The average molecular weight is 347 g/mol. The van der Waals surface area contributed by atoms with Gasteiger partial charge in [-0.25, -0.2) is 4.39 Å². The van der Waals surface area contributed by atoms with Gasteiger partial charge in [-0.05, 0) is 40.2 Å². The summed E-state index contributed by atoms with van der Waals surface area (Å²) in [6, 6.07) is 15.3. The summed E-state index contributed by atoms with van der Waals surface area (Å²) in [5.41, 5.74) is 0.604. The van der Waals surface area contributed by atoms with E-state index in [9.17, 15) is 9.18 Å². The summed E-state index contributed by atoms with van der Waals surface area (Å²) in [5.74, 6) is -1.06. The molecule has 0 saturated heterocycles. The van der Waals surface area contributed by atoms with Crippen LogP contribution in [0.5, 0.6) is 0 Å². The molecule has 106 valence electrons. The largest absolute Gasteiger partial charge is 0.307 e. The minimum absolute atomic E-state index is 0.0284. The molecule has 0 fully saturated rings. The SMILES string of the molecule is N#CCCN(C(=O)c1c(F)cccc1Br)c1ccccc1. The Bertz CT molecular complexity index is 662. The molecule has 0 aliphatic rings. The first-order chi connectivity index (χ1) is 10.1.